The number of hydrogen-bond donors (Lipinski definition) is 2. The van der Waals surface area contributed by atoms with Crippen molar-refractivity contribution >= 4 is 21.5 Å². The van der Waals surface area contributed by atoms with Crippen LogP contribution in [0.1, 0.15) is 65.2 Å². The van der Waals surface area contributed by atoms with Crippen LogP contribution in [0.2, 0.25) is 0 Å². The lowest BCUT2D eigenvalue weighted by Gasteiger charge is -2.20. The molecule has 38 heavy (non-hydrogen) atoms. The van der Waals surface area contributed by atoms with E-state index in [1.807, 2.05) is 48.5 Å². The average Bonchev–Trinajstić information content (AvgIpc) is 2.94. The number of benzene rings is 3. The lowest BCUT2D eigenvalue weighted by molar-refractivity contribution is 0.0111. The second kappa shape index (κ2) is 17.3. The summed E-state index contributed by atoms with van der Waals surface area (Å²) in [4.78, 5) is 0. The molecular weight excluding hydrogens is 480 g/mol. The van der Waals surface area contributed by atoms with Gasteiger partial charge in [-0.25, -0.2) is 0 Å². The molecule has 0 spiro atoms. The van der Waals surface area contributed by atoms with Gasteiger partial charge >= 0.3 is 0 Å². The molecule has 2 unspecified atom stereocenters. The van der Waals surface area contributed by atoms with Crippen molar-refractivity contribution in [2.75, 3.05) is 39.6 Å². The number of rotatable bonds is 20. The van der Waals surface area contributed by atoms with Crippen molar-refractivity contribution in [1.82, 2.24) is 0 Å². The van der Waals surface area contributed by atoms with Crippen LogP contribution in [0, 0.1) is 0 Å². The van der Waals surface area contributed by atoms with E-state index in [4.69, 9.17) is 18.9 Å². The van der Waals surface area contributed by atoms with Crippen LogP contribution in [0.5, 0.6) is 11.5 Å². The highest BCUT2D eigenvalue weighted by Crippen LogP contribution is 2.42. The predicted octanol–water partition coefficient (Wildman–Crippen LogP) is 6.67. The molecular formula is C32H46O6. The first-order chi connectivity index (χ1) is 18.7. The van der Waals surface area contributed by atoms with Crippen molar-refractivity contribution in [2.24, 2.45) is 0 Å². The third-order valence-electron chi connectivity index (χ3n) is 6.58. The zero-order valence-electron chi connectivity index (χ0n) is 23.2. The van der Waals surface area contributed by atoms with Crippen LogP contribution in [0.25, 0.3) is 21.5 Å². The van der Waals surface area contributed by atoms with Crippen molar-refractivity contribution in [1.29, 1.82) is 0 Å². The smallest absolute Gasteiger partial charge is 0.135 e. The van der Waals surface area contributed by atoms with Gasteiger partial charge in [0.2, 0.25) is 0 Å². The summed E-state index contributed by atoms with van der Waals surface area (Å²) < 4.78 is 23.7. The minimum atomic E-state index is -0.716. The topological polar surface area (TPSA) is 77.4 Å². The van der Waals surface area contributed by atoms with Gasteiger partial charge in [0.05, 0.1) is 13.2 Å². The Hall–Kier alpha value is -2.38. The molecule has 3 aromatic carbocycles. The lowest BCUT2D eigenvalue weighted by Crippen LogP contribution is -2.24. The first kappa shape index (κ1) is 30.2. The van der Waals surface area contributed by atoms with Gasteiger partial charge in [0.25, 0.3) is 0 Å². The highest BCUT2D eigenvalue weighted by molar-refractivity contribution is 6.11. The quantitative estimate of drug-likeness (QED) is 0.127. The summed E-state index contributed by atoms with van der Waals surface area (Å²) >= 11 is 0. The molecule has 2 N–H and O–H groups in total. The molecule has 0 aromatic heterocycles. The number of aliphatic hydroxyl groups is 2. The van der Waals surface area contributed by atoms with E-state index in [1.165, 1.54) is 25.7 Å². The first-order valence-electron chi connectivity index (χ1n) is 14.4. The SMILES string of the molecule is CCCCCCOCC(O)COc1c2ccccc2c(OCC(O)COCCCCCC)c2ccccc12. The normalized spacial score (nSPS) is 13.2. The van der Waals surface area contributed by atoms with E-state index < -0.39 is 12.2 Å². The number of ether oxygens (including phenoxy) is 4. The number of fused-ring (bicyclic) bond motifs is 2. The molecule has 6 heteroatoms. The zero-order chi connectivity index (χ0) is 27.0. The highest BCUT2D eigenvalue weighted by Gasteiger charge is 2.18. The fourth-order valence-electron chi connectivity index (χ4n) is 4.52. The van der Waals surface area contributed by atoms with E-state index in [2.05, 4.69) is 13.8 Å². The van der Waals surface area contributed by atoms with Gasteiger partial charge in [0.1, 0.15) is 36.9 Å². The van der Waals surface area contributed by atoms with Crippen LogP contribution in [-0.2, 0) is 9.47 Å². The molecule has 0 radical (unpaired) electrons. The Bertz CT molecular complexity index is 927. The first-order valence-corrected chi connectivity index (χ1v) is 14.4. The Morgan fingerprint density at radius 2 is 0.895 bits per heavy atom. The number of unbranched alkanes of at least 4 members (excludes halogenated alkanes) is 6. The summed E-state index contributed by atoms with van der Waals surface area (Å²) in [6, 6.07) is 15.8. The Labute approximate surface area is 227 Å². The maximum Gasteiger partial charge on any atom is 0.135 e. The molecule has 0 aliphatic carbocycles. The largest absolute Gasteiger partial charge is 0.489 e. The second-order valence-electron chi connectivity index (χ2n) is 9.95. The molecule has 0 aliphatic rings. The van der Waals surface area contributed by atoms with Gasteiger partial charge < -0.3 is 29.2 Å². The third kappa shape index (κ3) is 9.42. The van der Waals surface area contributed by atoms with E-state index in [9.17, 15) is 10.2 Å². The molecule has 0 fully saturated rings. The summed E-state index contributed by atoms with van der Waals surface area (Å²) in [5.41, 5.74) is 0. The third-order valence-corrected chi connectivity index (χ3v) is 6.58. The van der Waals surface area contributed by atoms with Gasteiger partial charge in [0, 0.05) is 34.8 Å². The Morgan fingerprint density at radius 3 is 1.24 bits per heavy atom. The van der Waals surface area contributed by atoms with E-state index in [-0.39, 0.29) is 26.4 Å². The standard InChI is InChI=1S/C32H46O6/c1-3-5-7-13-19-35-21-25(33)23-37-31-27-15-9-11-17-29(27)32(30-18-12-10-16-28(30)31)38-24-26(34)22-36-20-14-8-6-4-2/h9-12,15-18,25-26,33-34H,3-8,13-14,19-24H2,1-2H3. The summed E-state index contributed by atoms with van der Waals surface area (Å²) in [5.74, 6) is 1.42. The lowest BCUT2D eigenvalue weighted by atomic mass is 10.0. The molecule has 6 nitrogen and oxygen atoms in total. The molecule has 3 aromatic rings. The average molecular weight is 527 g/mol. The molecule has 0 bridgehead atoms. The Balaban J connectivity index is 1.66. The van der Waals surface area contributed by atoms with Crippen LogP contribution in [0.3, 0.4) is 0 Å². The van der Waals surface area contributed by atoms with Crippen LogP contribution in [-0.4, -0.2) is 62.1 Å². The van der Waals surface area contributed by atoms with Crippen LogP contribution < -0.4 is 9.47 Å². The van der Waals surface area contributed by atoms with E-state index >= 15 is 0 Å². The van der Waals surface area contributed by atoms with E-state index in [1.54, 1.807) is 0 Å². The minimum Gasteiger partial charge on any atom is -0.489 e. The molecule has 3 rings (SSSR count). The van der Waals surface area contributed by atoms with Gasteiger partial charge in [-0.3, -0.25) is 0 Å². The molecule has 210 valence electrons. The number of hydrogen-bond acceptors (Lipinski definition) is 6. The van der Waals surface area contributed by atoms with E-state index in [0.717, 1.165) is 47.2 Å². The monoisotopic (exact) mass is 526 g/mol. The van der Waals surface area contributed by atoms with Gasteiger partial charge in [-0.05, 0) is 12.8 Å². The number of aliphatic hydroxyl groups excluding tert-OH is 2. The van der Waals surface area contributed by atoms with Gasteiger partial charge in [-0.15, -0.1) is 0 Å². The van der Waals surface area contributed by atoms with Crippen LogP contribution in [0.4, 0.5) is 0 Å². The summed E-state index contributed by atoms with van der Waals surface area (Å²) in [6.07, 6.45) is 7.69. The predicted molar refractivity (Wildman–Crippen MR) is 154 cm³/mol. The van der Waals surface area contributed by atoms with Crippen molar-refractivity contribution in [3.63, 3.8) is 0 Å². The molecule has 0 amide bonds. The van der Waals surface area contributed by atoms with Gasteiger partial charge in [-0.2, -0.15) is 0 Å². The van der Waals surface area contributed by atoms with E-state index in [0.29, 0.717) is 24.7 Å². The molecule has 0 saturated heterocycles. The maximum atomic E-state index is 10.5. The summed E-state index contributed by atoms with van der Waals surface area (Å²) in [5, 5.41) is 24.5. The van der Waals surface area contributed by atoms with Crippen molar-refractivity contribution in [2.45, 2.75) is 77.4 Å². The van der Waals surface area contributed by atoms with Gasteiger partial charge in [0.15, 0.2) is 0 Å². The summed E-state index contributed by atoms with van der Waals surface area (Å²) in [6.45, 7) is 6.46. The van der Waals surface area contributed by atoms with Crippen molar-refractivity contribution in [3.8, 4) is 11.5 Å². The zero-order valence-corrected chi connectivity index (χ0v) is 23.2. The second-order valence-corrected chi connectivity index (χ2v) is 9.95. The highest BCUT2D eigenvalue weighted by atomic mass is 16.5. The van der Waals surface area contributed by atoms with Gasteiger partial charge in [-0.1, -0.05) is 101 Å². The molecule has 2 atom stereocenters. The minimum absolute atomic E-state index is 0.136. The van der Waals surface area contributed by atoms with Crippen molar-refractivity contribution < 1.29 is 29.2 Å². The van der Waals surface area contributed by atoms with Crippen molar-refractivity contribution in [3.05, 3.63) is 48.5 Å². The Kier molecular flexibility index (Phi) is 13.7. The van der Waals surface area contributed by atoms with Crippen LogP contribution in [0.15, 0.2) is 48.5 Å². The molecule has 0 aliphatic heterocycles. The fraction of sp³-hybridized carbons (Fsp3) is 0.562. The molecule has 0 saturated carbocycles. The maximum absolute atomic E-state index is 10.5. The molecule has 0 heterocycles. The fourth-order valence-corrected chi connectivity index (χ4v) is 4.52. The summed E-state index contributed by atoms with van der Waals surface area (Å²) in [7, 11) is 0. The van der Waals surface area contributed by atoms with Crippen LogP contribution >= 0.6 is 0 Å². The Morgan fingerprint density at radius 1 is 0.526 bits per heavy atom.